The minimum Gasteiger partial charge on any atom is -0.508 e. The van der Waals surface area contributed by atoms with Crippen molar-refractivity contribution in [1.82, 2.24) is 0 Å². The Kier molecular flexibility index (Phi) is 14.9. The lowest BCUT2D eigenvalue weighted by Gasteiger charge is -2.35. The fourth-order valence-electron chi connectivity index (χ4n) is 5.84. The van der Waals surface area contributed by atoms with Gasteiger partial charge in [0, 0.05) is 44.7 Å². The second-order valence-electron chi connectivity index (χ2n) is 11.2. The van der Waals surface area contributed by atoms with E-state index in [1.54, 1.807) is 19.2 Å². The van der Waals surface area contributed by atoms with Gasteiger partial charge in [-0.2, -0.15) is 0 Å². The second kappa shape index (κ2) is 18.8. The van der Waals surface area contributed by atoms with Crippen molar-refractivity contribution in [2.75, 3.05) is 56.3 Å². The van der Waals surface area contributed by atoms with E-state index >= 15 is 0 Å². The molecule has 0 atom stereocenters. The number of rotatable bonds is 16. The van der Waals surface area contributed by atoms with Gasteiger partial charge >= 0.3 is 0 Å². The molecule has 6 heteroatoms. The lowest BCUT2D eigenvalue weighted by molar-refractivity contribution is 0.0584. The third kappa shape index (κ3) is 9.27. The monoisotopic (exact) mass is 626 g/mol. The van der Waals surface area contributed by atoms with E-state index in [9.17, 15) is 0 Å². The number of anilines is 2. The fourth-order valence-corrected chi connectivity index (χ4v) is 5.84. The molecule has 0 radical (unpaired) electrons. The van der Waals surface area contributed by atoms with Gasteiger partial charge in [0.15, 0.2) is 0 Å². The molecule has 0 saturated heterocycles. The SMILES string of the molecule is CCCCc1ccc(O)cc1.CCN(CC)c1ccc(C(OC)(c2ccc(OCCO)cc2)c2ccc(N(CC)CC)cc2)cc1. The van der Waals surface area contributed by atoms with Crippen LogP contribution in [0, 0.1) is 0 Å². The quantitative estimate of drug-likeness (QED) is 0.122. The first-order valence-electron chi connectivity index (χ1n) is 16.8. The van der Waals surface area contributed by atoms with Crippen molar-refractivity contribution >= 4 is 11.4 Å². The van der Waals surface area contributed by atoms with E-state index in [4.69, 9.17) is 19.7 Å². The molecule has 0 aliphatic heterocycles. The van der Waals surface area contributed by atoms with Crippen molar-refractivity contribution in [3.05, 3.63) is 119 Å². The molecule has 46 heavy (non-hydrogen) atoms. The molecule has 248 valence electrons. The van der Waals surface area contributed by atoms with Crippen LogP contribution in [0.5, 0.6) is 11.5 Å². The standard InChI is InChI=1S/C30H40N2O3.C10H14O/c1-6-31(7-2)27-16-10-24(11-17-27)30(34-5,26-14-20-29(21-15-26)35-23-22-33)25-12-18-28(19-13-25)32(8-3)9-4;1-2-3-4-9-5-7-10(11)8-6-9/h10-21,33H,6-9,22-23H2,1-5H3;5-8,11H,2-4H2,1H3. The smallest absolute Gasteiger partial charge is 0.143 e. The Morgan fingerprint density at radius 3 is 1.41 bits per heavy atom. The summed E-state index contributed by atoms with van der Waals surface area (Å²) in [4.78, 5) is 4.68. The number of aliphatic hydroxyl groups is 1. The molecule has 0 spiro atoms. The maximum absolute atomic E-state index is 9.09. The highest BCUT2D eigenvalue weighted by Crippen LogP contribution is 2.41. The maximum atomic E-state index is 9.09. The summed E-state index contributed by atoms with van der Waals surface area (Å²) in [6.07, 6.45) is 3.57. The predicted octanol–water partition coefficient (Wildman–Crippen LogP) is 8.42. The minimum absolute atomic E-state index is 0.0124. The van der Waals surface area contributed by atoms with Crippen molar-refractivity contribution < 1.29 is 19.7 Å². The number of hydrogen-bond donors (Lipinski definition) is 2. The van der Waals surface area contributed by atoms with Gasteiger partial charge in [-0.15, -0.1) is 0 Å². The topological polar surface area (TPSA) is 65.4 Å². The number of methoxy groups -OCH3 is 1. The number of phenols is 1. The molecular formula is C40H54N2O4. The Hall–Kier alpha value is -4.00. The summed E-state index contributed by atoms with van der Waals surface area (Å²) in [5.74, 6) is 1.08. The van der Waals surface area contributed by atoms with Crippen LogP contribution in [0.15, 0.2) is 97.1 Å². The van der Waals surface area contributed by atoms with Crippen LogP contribution in [-0.2, 0) is 16.8 Å². The van der Waals surface area contributed by atoms with Crippen LogP contribution in [0.4, 0.5) is 11.4 Å². The fraction of sp³-hybridized carbons (Fsp3) is 0.400. The molecule has 4 aromatic rings. The number of phenolic OH excluding ortho intramolecular Hbond substituents is 1. The van der Waals surface area contributed by atoms with Gasteiger partial charge in [-0.25, -0.2) is 0 Å². The highest BCUT2D eigenvalue weighted by atomic mass is 16.5. The lowest BCUT2D eigenvalue weighted by Crippen LogP contribution is -2.32. The first kappa shape index (κ1) is 36.5. The maximum Gasteiger partial charge on any atom is 0.143 e. The third-order valence-corrected chi connectivity index (χ3v) is 8.49. The summed E-state index contributed by atoms with van der Waals surface area (Å²) in [5.41, 5.74) is 6.08. The average molecular weight is 627 g/mol. The lowest BCUT2D eigenvalue weighted by atomic mass is 9.80. The molecule has 0 saturated carbocycles. The van der Waals surface area contributed by atoms with E-state index in [1.165, 1.54) is 29.8 Å². The molecular weight excluding hydrogens is 572 g/mol. The molecule has 0 aliphatic carbocycles. The predicted molar refractivity (Wildman–Crippen MR) is 193 cm³/mol. The molecule has 0 heterocycles. The molecule has 0 fully saturated rings. The van der Waals surface area contributed by atoms with Gasteiger partial charge in [0.1, 0.15) is 23.7 Å². The molecule has 4 aromatic carbocycles. The first-order chi connectivity index (χ1) is 22.4. The van der Waals surface area contributed by atoms with E-state index in [2.05, 4.69) is 92.9 Å². The normalized spacial score (nSPS) is 11.0. The van der Waals surface area contributed by atoms with E-state index in [-0.39, 0.29) is 13.2 Å². The van der Waals surface area contributed by atoms with Crippen LogP contribution < -0.4 is 14.5 Å². The molecule has 0 aromatic heterocycles. The van der Waals surface area contributed by atoms with Crippen molar-refractivity contribution in [3.8, 4) is 11.5 Å². The summed E-state index contributed by atoms with van der Waals surface area (Å²) < 4.78 is 12.0. The zero-order valence-corrected chi connectivity index (χ0v) is 28.7. The highest BCUT2D eigenvalue weighted by molar-refractivity contribution is 5.56. The summed E-state index contributed by atoms with van der Waals surface area (Å²) in [7, 11) is 1.77. The number of benzene rings is 4. The van der Waals surface area contributed by atoms with Crippen LogP contribution in [-0.4, -0.2) is 56.7 Å². The van der Waals surface area contributed by atoms with Crippen LogP contribution in [0.3, 0.4) is 0 Å². The number of ether oxygens (including phenoxy) is 2. The number of nitrogens with zero attached hydrogens (tertiary/aromatic N) is 2. The Morgan fingerprint density at radius 1 is 0.609 bits per heavy atom. The molecule has 6 nitrogen and oxygen atoms in total. The Morgan fingerprint density at radius 2 is 1.04 bits per heavy atom. The molecule has 0 bridgehead atoms. The Balaban J connectivity index is 0.000000441. The van der Waals surface area contributed by atoms with Gasteiger partial charge in [-0.3, -0.25) is 0 Å². The Bertz CT molecular complexity index is 1320. The number of aromatic hydroxyl groups is 1. The van der Waals surface area contributed by atoms with Crippen LogP contribution in [0.2, 0.25) is 0 Å². The Labute approximate surface area is 277 Å². The molecule has 2 N–H and O–H groups in total. The van der Waals surface area contributed by atoms with Gasteiger partial charge in [-0.1, -0.05) is 61.9 Å². The number of hydrogen-bond acceptors (Lipinski definition) is 6. The third-order valence-electron chi connectivity index (χ3n) is 8.49. The summed E-state index contributed by atoms with van der Waals surface area (Å²) in [5, 5.41) is 18.1. The number of unbranched alkanes of at least 4 members (excludes halogenated alkanes) is 1. The van der Waals surface area contributed by atoms with Gasteiger partial charge in [0.25, 0.3) is 0 Å². The van der Waals surface area contributed by atoms with Gasteiger partial charge in [-0.05, 0) is 111 Å². The van der Waals surface area contributed by atoms with Gasteiger partial charge in [0.05, 0.1) is 6.61 Å². The van der Waals surface area contributed by atoms with E-state index in [1.807, 2.05) is 36.4 Å². The largest absolute Gasteiger partial charge is 0.508 e. The van der Waals surface area contributed by atoms with E-state index < -0.39 is 5.60 Å². The second-order valence-corrected chi connectivity index (χ2v) is 11.2. The van der Waals surface area contributed by atoms with Crippen LogP contribution in [0.1, 0.15) is 69.7 Å². The van der Waals surface area contributed by atoms with E-state index in [0.29, 0.717) is 5.75 Å². The molecule has 4 rings (SSSR count). The first-order valence-corrected chi connectivity index (χ1v) is 16.8. The molecule has 0 amide bonds. The summed E-state index contributed by atoms with van der Waals surface area (Å²) in [6.45, 7) is 15.0. The number of aliphatic hydroxyl groups excluding tert-OH is 1. The van der Waals surface area contributed by atoms with Crippen molar-refractivity contribution in [2.24, 2.45) is 0 Å². The summed E-state index contributed by atoms with van der Waals surface area (Å²) in [6, 6.07) is 32.8. The van der Waals surface area contributed by atoms with Crippen molar-refractivity contribution in [3.63, 3.8) is 0 Å². The zero-order chi connectivity index (χ0) is 33.4. The number of aryl methyl sites for hydroxylation is 1. The van der Waals surface area contributed by atoms with Gasteiger partial charge in [0.2, 0.25) is 0 Å². The van der Waals surface area contributed by atoms with E-state index in [0.717, 1.165) is 55.0 Å². The summed E-state index contributed by atoms with van der Waals surface area (Å²) >= 11 is 0. The minimum atomic E-state index is -0.779. The van der Waals surface area contributed by atoms with Crippen LogP contribution in [0.25, 0.3) is 0 Å². The van der Waals surface area contributed by atoms with Crippen molar-refractivity contribution in [2.45, 2.75) is 59.5 Å². The zero-order valence-electron chi connectivity index (χ0n) is 28.7. The van der Waals surface area contributed by atoms with Crippen molar-refractivity contribution in [1.29, 1.82) is 0 Å². The highest BCUT2D eigenvalue weighted by Gasteiger charge is 2.37. The molecule has 0 unspecified atom stereocenters. The molecule has 0 aliphatic rings. The van der Waals surface area contributed by atoms with Gasteiger partial charge < -0.3 is 29.5 Å². The van der Waals surface area contributed by atoms with Crippen LogP contribution >= 0.6 is 0 Å². The average Bonchev–Trinajstić information content (AvgIpc) is 3.10.